The molecule has 0 aliphatic carbocycles. The zero-order valence-corrected chi connectivity index (χ0v) is 9.59. The molecule has 1 unspecified atom stereocenters. The van der Waals surface area contributed by atoms with Gasteiger partial charge in [-0.3, -0.25) is 0 Å². The molecule has 1 aliphatic rings. The Morgan fingerprint density at radius 2 is 2.11 bits per heavy atom. The second-order valence-electron chi connectivity index (χ2n) is 4.24. The number of piperidine rings is 1. The Morgan fingerprint density at radius 3 is 2.67 bits per heavy atom. The van der Waals surface area contributed by atoms with Crippen LogP contribution in [0.3, 0.4) is 0 Å². The van der Waals surface area contributed by atoms with Gasteiger partial charge in [-0.1, -0.05) is 6.42 Å². The standard InChI is InChI=1S/C12H12F3N3/c13-12(14,15)10-5-4-8(7-16)11(18-10)9-3-1-2-6-17-9/h4-5,9,17H,1-3,6H2. The number of nitrogens with one attached hydrogen (secondary N) is 1. The molecule has 1 aromatic heterocycles. The number of nitriles is 1. The Balaban J connectivity index is 2.39. The second kappa shape index (κ2) is 4.94. The summed E-state index contributed by atoms with van der Waals surface area (Å²) in [5, 5.41) is 12.1. The summed E-state index contributed by atoms with van der Waals surface area (Å²) < 4.78 is 37.8. The Bertz CT molecular complexity index is 470. The fourth-order valence-electron chi connectivity index (χ4n) is 2.08. The van der Waals surface area contributed by atoms with Crippen LogP contribution in [0.4, 0.5) is 13.2 Å². The third-order valence-corrected chi connectivity index (χ3v) is 2.98. The van der Waals surface area contributed by atoms with Crippen molar-refractivity contribution in [3.8, 4) is 6.07 Å². The summed E-state index contributed by atoms with van der Waals surface area (Å²) in [6.45, 7) is 0.744. The minimum atomic E-state index is -4.47. The molecule has 0 amide bonds. The summed E-state index contributed by atoms with van der Waals surface area (Å²) in [6.07, 6.45) is -1.84. The molecule has 2 heterocycles. The van der Waals surface area contributed by atoms with Gasteiger partial charge in [-0.2, -0.15) is 18.4 Å². The SMILES string of the molecule is N#Cc1ccc(C(F)(F)F)nc1C1CCCCN1. The van der Waals surface area contributed by atoms with Crippen LogP contribution in [0.2, 0.25) is 0 Å². The van der Waals surface area contributed by atoms with Gasteiger partial charge in [0.2, 0.25) is 0 Å². The third-order valence-electron chi connectivity index (χ3n) is 2.98. The molecule has 0 radical (unpaired) electrons. The van der Waals surface area contributed by atoms with Crippen molar-refractivity contribution in [1.82, 2.24) is 10.3 Å². The van der Waals surface area contributed by atoms with E-state index in [9.17, 15) is 13.2 Å². The van der Waals surface area contributed by atoms with Crippen LogP contribution in [0.1, 0.15) is 42.3 Å². The van der Waals surface area contributed by atoms with E-state index >= 15 is 0 Å². The number of rotatable bonds is 1. The lowest BCUT2D eigenvalue weighted by Crippen LogP contribution is -2.29. The number of alkyl halides is 3. The quantitative estimate of drug-likeness (QED) is 0.839. The van der Waals surface area contributed by atoms with Gasteiger partial charge in [0.1, 0.15) is 11.8 Å². The van der Waals surface area contributed by atoms with Crippen LogP contribution >= 0.6 is 0 Å². The summed E-state index contributed by atoms with van der Waals surface area (Å²) in [5.74, 6) is 0. The highest BCUT2D eigenvalue weighted by atomic mass is 19.4. The molecule has 2 rings (SSSR count). The molecule has 1 N–H and O–H groups in total. The topological polar surface area (TPSA) is 48.7 Å². The molecule has 0 spiro atoms. The van der Waals surface area contributed by atoms with Crippen LogP contribution in [0, 0.1) is 11.3 Å². The van der Waals surface area contributed by atoms with Gasteiger partial charge in [-0.15, -0.1) is 0 Å². The zero-order valence-electron chi connectivity index (χ0n) is 9.59. The van der Waals surface area contributed by atoms with E-state index in [2.05, 4.69) is 10.3 Å². The maximum atomic E-state index is 12.6. The van der Waals surface area contributed by atoms with Crippen molar-refractivity contribution in [2.45, 2.75) is 31.5 Å². The first-order valence-electron chi connectivity index (χ1n) is 5.74. The van der Waals surface area contributed by atoms with Crippen LogP contribution in [0.25, 0.3) is 0 Å². The van der Waals surface area contributed by atoms with E-state index in [-0.39, 0.29) is 17.3 Å². The number of pyridine rings is 1. The second-order valence-corrected chi connectivity index (χ2v) is 4.24. The molecule has 6 heteroatoms. The minimum Gasteiger partial charge on any atom is -0.309 e. The molecule has 96 valence electrons. The molecule has 1 aromatic rings. The molecule has 1 atom stereocenters. The highest BCUT2D eigenvalue weighted by molar-refractivity contribution is 5.36. The van der Waals surface area contributed by atoms with E-state index in [4.69, 9.17) is 5.26 Å². The first-order valence-corrected chi connectivity index (χ1v) is 5.74. The van der Waals surface area contributed by atoms with Crippen molar-refractivity contribution >= 4 is 0 Å². The third kappa shape index (κ3) is 2.62. The van der Waals surface area contributed by atoms with Crippen molar-refractivity contribution in [2.75, 3.05) is 6.54 Å². The number of halogens is 3. The Kier molecular flexibility index (Phi) is 3.53. The first kappa shape index (κ1) is 12.8. The van der Waals surface area contributed by atoms with E-state index in [0.29, 0.717) is 6.42 Å². The van der Waals surface area contributed by atoms with Crippen LogP contribution in [0.5, 0.6) is 0 Å². The Morgan fingerprint density at radius 1 is 1.33 bits per heavy atom. The van der Waals surface area contributed by atoms with Crippen molar-refractivity contribution in [2.24, 2.45) is 0 Å². The number of hydrogen-bond donors (Lipinski definition) is 1. The van der Waals surface area contributed by atoms with Gasteiger partial charge in [-0.05, 0) is 31.5 Å². The predicted octanol–water partition coefficient (Wildman–Crippen LogP) is 2.79. The van der Waals surface area contributed by atoms with E-state index in [1.54, 1.807) is 0 Å². The summed E-state index contributed by atoms with van der Waals surface area (Å²) in [5.41, 5.74) is -0.515. The summed E-state index contributed by atoms with van der Waals surface area (Å²) in [7, 11) is 0. The summed E-state index contributed by atoms with van der Waals surface area (Å²) in [4.78, 5) is 3.63. The lowest BCUT2D eigenvalue weighted by atomic mass is 9.98. The Labute approximate surface area is 103 Å². The minimum absolute atomic E-state index is 0.211. The largest absolute Gasteiger partial charge is 0.433 e. The number of aromatic nitrogens is 1. The average Bonchev–Trinajstić information content (AvgIpc) is 2.38. The van der Waals surface area contributed by atoms with Crippen LogP contribution in [-0.2, 0) is 6.18 Å². The van der Waals surface area contributed by atoms with Gasteiger partial charge in [0.15, 0.2) is 0 Å². The van der Waals surface area contributed by atoms with E-state index < -0.39 is 11.9 Å². The first-order chi connectivity index (χ1) is 8.52. The van der Waals surface area contributed by atoms with Gasteiger partial charge in [-0.25, -0.2) is 4.98 Å². The molecule has 3 nitrogen and oxygen atoms in total. The molecule has 1 aliphatic heterocycles. The lowest BCUT2D eigenvalue weighted by molar-refractivity contribution is -0.141. The number of hydrogen-bond acceptors (Lipinski definition) is 3. The predicted molar refractivity (Wildman–Crippen MR) is 58.5 cm³/mol. The smallest absolute Gasteiger partial charge is 0.309 e. The van der Waals surface area contributed by atoms with E-state index in [0.717, 1.165) is 25.5 Å². The van der Waals surface area contributed by atoms with Crippen LogP contribution in [-0.4, -0.2) is 11.5 Å². The van der Waals surface area contributed by atoms with Gasteiger partial charge >= 0.3 is 6.18 Å². The van der Waals surface area contributed by atoms with Crippen LogP contribution < -0.4 is 5.32 Å². The fraction of sp³-hybridized carbons (Fsp3) is 0.500. The van der Waals surface area contributed by atoms with Crippen molar-refractivity contribution in [3.05, 3.63) is 29.1 Å². The van der Waals surface area contributed by atoms with Gasteiger partial charge in [0.05, 0.1) is 17.3 Å². The molecule has 1 saturated heterocycles. The molecule has 1 fully saturated rings. The Hall–Kier alpha value is -1.61. The van der Waals surface area contributed by atoms with E-state index in [1.807, 2.05) is 6.07 Å². The van der Waals surface area contributed by atoms with Crippen molar-refractivity contribution in [3.63, 3.8) is 0 Å². The normalized spacial score (nSPS) is 20.4. The summed E-state index contributed by atoms with van der Waals surface area (Å²) >= 11 is 0. The fourth-order valence-corrected chi connectivity index (χ4v) is 2.08. The van der Waals surface area contributed by atoms with Gasteiger partial charge in [0.25, 0.3) is 0 Å². The van der Waals surface area contributed by atoms with E-state index in [1.165, 1.54) is 6.07 Å². The highest BCUT2D eigenvalue weighted by Gasteiger charge is 2.34. The van der Waals surface area contributed by atoms with Crippen molar-refractivity contribution < 1.29 is 13.2 Å². The van der Waals surface area contributed by atoms with Crippen molar-refractivity contribution in [1.29, 1.82) is 5.26 Å². The monoisotopic (exact) mass is 255 g/mol. The molecule has 0 aromatic carbocycles. The van der Waals surface area contributed by atoms with Crippen LogP contribution in [0.15, 0.2) is 12.1 Å². The molecular formula is C12H12F3N3. The maximum Gasteiger partial charge on any atom is 0.433 e. The molecule has 0 saturated carbocycles. The van der Waals surface area contributed by atoms with Gasteiger partial charge < -0.3 is 5.32 Å². The van der Waals surface area contributed by atoms with Gasteiger partial charge in [0, 0.05) is 0 Å². The molecule has 0 bridgehead atoms. The number of nitrogens with zero attached hydrogens (tertiary/aromatic N) is 2. The summed E-state index contributed by atoms with van der Waals surface area (Å²) in [6, 6.07) is 3.70. The highest BCUT2D eigenvalue weighted by Crippen LogP contribution is 2.31. The zero-order chi connectivity index (χ0) is 13.2. The molecule has 18 heavy (non-hydrogen) atoms. The lowest BCUT2D eigenvalue weighted by Gasteiger charge is -2.24. The maximum absolute atomic E-state index is 12.6. The molecular weight excluding hydrogens is 243 g/mol. The average molecular weight is 255 g/mol.